The third-order valence-corrected chi connectivity index (χ3v) is 5.67. The van der Waals surface area contributed by atoms with Gasteiger partial charge in [-0.3, -0.25) is 4.79 Å². The van der Waals surface area contributed by atoms with Crippen LogP contribution in [0.4, 0.5) is 0 Å². The van der Waals surface area contributed by atoms with Gasteiger partial charge in [0, 0.05) is 12.0 Å². The molecule has 1 saturated carbocycles. The first-order valence-electron chi connectivity index (χ1n) is 7.54. The molecular formula is C17H22OS. The van der Waals surface area contributed by atoms with Crippen molar-refractivity contribution in [1.82, 2.24) is 0 Å². The smallest absolute Gasteiger partial charge is 0.163 e. The van der Waals surface area contributed by atoms with E-state index in [1.165, 1.54) is 49.2 Å². The molecule has 19 heavy (non-hydrogen) atoms. The summed E-state index contributed by atoms with van der Waals surface area (Å²) in [5.74, 6) is 4.15. The summed E-state index contributed by atoms with van der Waals surface area (Å²) < 4.78 is 0. The molecule has 1 aliphatic heterocycles. The maximum absolute atomic E-state index is 12.6. The summed E-state index contributed by atoms with van der Waals surface area (Å²) in [4.78, 5) is 12.6. The summed E-state index contributed by atoms with van der Waals surface area (Å²) in [5, 5.41) is 0. The fourth-order valence-corrected chi connectivity index (χ4v) is 4.35. The number of rotatable bonds is 4. The zero-order chi connectivity index (χ0) is 13.1. The lowest BCUT2D eigenvalue weighted by molar-refractivity contribution is 0.0956. The summed E-state index contributed by atoms with van der Waals surface area (Å²) in [6, 6.07) is 8.33. The number of hydrogen-bond acceptors (Lipinski definition) is 2. The van der Waals surface area contributed by atoms with Gasteiger partial charge in [0.2, 0.25) is 0 Å². The second-order valence-corrected chi connectivity index (χ2v) is 7.12. The van der Waals surface area contributed by atoms with Crippen molar-refractivity contribution in [3.8, 4) is 0 Å². The molecule has 0 spiro atoms. The van der Waals surface area contributed by atoms with Gasteiger partial charge in [-0.15, -0.1) is 0 Å². The van der Waals surface area contributed by atoms with Crippen LogP contribution >= 0.6 is 11.8 Å². The second kappa shape index (κ2) is 6.13. The van der Waals surface area contributed by atoms with Crippen molar-refractivity contribution in [2.45, 2.75) is 44.4 Å². The maximum Gasteiger partial charge on any atom is 0.163 e. The normalized spacial score (nSPS) is 21.1. The van der Waals surface area contributed by atoms with Gasteiger partial charge in [0.1, 0.15) is 0 Å². The van der Waals surface area contributed by atoms with E-state index in [-0.39, 0.29) is 0 Å². The highest BCUT2D eigenvalue weighted by molar-refractivity contribution is 7.99. The molecule has 1 aromatic rings. The quantitative estimate of drug-likeness (QED) is 0.742. The maximum atomic E-state index is 12.6. The summed E-state index contributed by atoms with van der Waals surface area (Å²) in [7, 11) is 0. The Labute approximate surface area is 120 Å². The highest BCUT2D eigenvalue weighted by Crippen LogP contribution is 2.38. The van der Waals surface area contributed by atoms with E-state index in [2.05, 4.69) is 12.1 Å². The number of ketones is 1. The average Bonchev–Trinajstić information content (AvgIpc) is 2.38. The molecular weight excluding hydrogens is 252 g/mol. The Morgan fingerprint density at radius 2 is 1.84 bits per heavy atom. The highest BCUT2D eigenvalue weighted by Gasteiger charge is 2.25. The van der Waals surface area contributed by atoms with E-state index >= 15 is 0 Å². The molecule has 0 unspecified atom stereocenters. The van der Waals surface area contributed by atoms with Crippen LogP contribution in [0.2, 0.25) is 0 Å². The van der Waals surface area contributed by atoms with E-state index in [0.29, 0.717) is 17.6 Å². The summed E-state index contributed by atoms with van der Waals surface area (Å²) in [5.41, 5.74) is 2.34. The lowest BCUT2D eigenvalue weighted by Crippen LogP contribution is -2.18. The molecule has 3 rings (SSSR count). The lowest BCUT2D eigenvalue weighted by Gasteiger charge is -2.28. The molecule has 0 amide bonds. The van der Waals surface area contributed by atoms with Gasteiger partial charge < -0.3 is 0 Å². The molecule has 1 heterocycles. The monoisotopic (exact) mass is 274 g/mol. The molecule has 2 aliphatic rings. The van der Waals surface area contributed by atoms with Crippen LogP contribution in [-0.4, -0.2) is 17.3 Å². The van der Waals surface area contributed by atoms with Crippen molar-refractivity contribution in [1.29, 1.82) is 0 Å². The number of carbonyl (C=O) groups excluding carboxylic acids is 1. The predicted molar refractivity (Wildman–Crippen MR) is 82.0 cm³/mol. The fraction of sp³-hybridized carbons (Fsp3) is 0.588. The van der Waals surface area contributed by atoms with Gasteiger partial charge >= 0.3 is 0 Å². The van der Waals surface area contributed by atoms with E-state index < -0.39 is 0 Å². The minimum Gasteiger partial charge on any atom is -0.294 e. The zero-order valence-electron chi connectivity index (χ0n) is 11.4. The molecule has 2 heteroatoms. The zero-order valence-corrected chi connectivity index (χ0v) is 12.3. The van der Waals surface area contributed by atoms with Gasteiger partial charge in [0.25, 0.3) is 0 Å². The van der Waals surface area contributed by atoms with Crippen LogP contribution in [0.25, 0.3) is 0 Å². The molecule has 102 valence electrons. The van der Waals surface area contributed by atoms with E-state index in [9.17, 15) is 4.79 Å². The largest absolute Gasteiger partial charge is 0.294 e. The van der Waals surface area contributed by atoms with Crippen molar-refractivity contribution in [2.24, 2.45) is 5.92 Å². The molecule has 0 radical (unpaired) electrons. The first-order valence-corrected chi connectivity index (χ1v) is 8.70. The second-order valence-electron chi connectivity index (χ2n) is 5.90. The number of thioether (sulfide) groups is 1. The fourth-order valence-electron chi connectivity index (χ4n) is 3.15. The van der Waals surface area contributed by atoms with Crippen LogP contribution < -0.4 is 0 Å². The molecule has 0 aromatic heterocycles. The van der Waals surface area contributed by atoms with E-state index in [1.54, 1.807) is 0 Å². The molecule has 1 nitrogen and oxygen atoms in total. The summed E-state index contributed by atoms with van der Waals surface area (Å²) >= 11 is 2.03. The van der Waals surface area contributed by atoms with Crippen LogP contribution in [0.3, 0.4) is 0 Å². The van der Waals surface area contributed by atoms with Crippen molar-refractivity contribution < 1.29 is 4.79 Å². The Balaban J connectivity index is 1.71. The average molecular weight is 274 g/mol. The Morgan fingerprint density at radius 1 is 1.11 bits per heavy atom. The van der Waals surface area contributed by atoms with Crippen molar-refractivity contribution in [3.63, 3.8) is 0 Å². The van der Waals surface area contributed by atoms with Gasteiger partial charge in [-0.2, -0.15) is 11.8 Å². The third-order valence-electron chi connectivity index (χ3n) is 4.62. The molecule has 0 atom stereocenters. The standard InChI is InChI=1S/C17H22OS/c18-17(12-13-8-10-19-11-9-13)16-7-2-1-6-15(16)14-4-3-5-14/h1-2,6-7,13-14H,3-5,8-12H2. The molecule has 0 bridgehead atoms. The first-order chi connectivity index (χ1) is 9.34. The van der Waals surface area contributed by atoms with Gasteiger partial charge in [0.15, 0.2) is 5.78 Å². The van der Waals surface area contributed by atoms with Crippen molar-refractivity contribution in [2.75, 3.05) is 11.5 Å². The highest BCUT2D eigenvalue weighted by atomic mass is 32.2. The van der Waals surface area contributed by atoms with E-state index in [1.807, 2.05) is 23.9 Å². The lowest BCUT2D eigenvalue weighted by atomic mass is 9.77. The molecule has 1 saturated heterocycles. The molecule has 1 aromatic carbocycles. The number of benzene rings is 1. The van der Waals surface area contributed by atoms with Gasteiger partial charge in [-0.25, -0.2) is 0 Å². The Hall–Kier alpha value is -0.760. The van der Waals surface area contributed by atoms with Crippen LogP contribution in [0.5, 0.6) is 0 Å². The minimum atomic E-state index is 0.388. The predicted octanol–water partition coefficient (Wildman–Crippen LogP) is 4.67. The Bertz CT molecular complexity index is 444. The number of carbonyl (C=O) groups is 1. The topological polar surface area (TPSA) is 17.1 Å². The first kappa shape index (κ1) is 13.2. The summed E-state index contributed by atoms with van der Waals surface area (Å²) in [6.07, 6.45) is 7.08. The van der Waals surface area contributed by atoms with Crippen LogP contribution in [0, 0.1) is 5.92 Å². The Morgan fingerprint density at radius 3 is 2.53 bits per heavy atom. The SMILES string of the molecule is O=C(CC1CCSCC1)c1ccccc1C1CCC1. The van der Waals surface area contributed by atoms with Crippen molar-refractivity contribution in [3.05, 3.63) is 35.4 Å². The molecule has 0 N–H and O–H groups in total. The van der Waals surface area contributed by atoms with Crippen LogP contribution in [-0.2, 0) is 0 Å². The van der Waals surface area contributed by atoms with Crippen LogP contribution in [0.15, 0.2) is 24.3 Å². The molecule has 2 fully saturated rings. The van der Waals surface area contributed by atoms with E-state index in [0.717, 1.165) is 12.0 Å². The minimum absolute atomic E-state index is 0.388. The van der Waals surface area contributed by atoms with Gasteiger partial charge in [-0.05, 0) is 54.6 Å². The van der Waals surface area contributed by atoms with Crippen LogP contribution in [0.1, 0.15) is 60.4 Å². The van der Waals surface area contributed by atoms with Gasteiger partial charge in [0.05, 0.1) is 0 Å². The Kier molecular flexibility index (Phi) is 4.27. The van der Waals surface area contributed by atoms with Crippen molar-refractivity contribution >= 4 is 17.5 Å². The van der Waals surface area contributed by atoms with Gasteiger partial charge in [-0.1, -0.05) is 30.7 Å². The molecule has 1 aliphatic carbocycles. The van der Waals surface area contributed by atoms with E-state index in [4.69, 9.17) is 0 Å². The third kappa shape index (κ3) is 3.05. The number of hydrogen-bond donors (Lipinski definition) is 0. The summed E-state index contributed by atoms with van der Waals surface area (Å²) in [6.45, 7) is 0. The number of Topliss-reactive ketones (excluding diaryl/α,β-unsaturated/α-hetero) is 1.